The van der Waals surface area contributed by atoms with E-state index in [0.29, 0.717) is 34.8 Å². The predicted molar refractivity (Wildman–Crippen MR) is 173 cm³/mol. The Hall–Kier alpha value is -3.32. The molecule has 1 saturated heterocycles. The van der Waals surface area contributed by atoms with Gasteiger partial charge in [0.15, 0.2) is 5.82 Å². The number of nitrogens with zero attached hydrogens (tertiary/aromatic N) is 5. The van der Waals surface area contributed by atoms with Crippen molar-refractivity contribution in [2.75, 3.05) is 94.6 Å². The van der Waals surface area contributed by atoms with Gasteiger partial charge in [-0.15, -0.1) is 0 Å². The molecule has 0 radical (unpaired) electrons. The van der Waals surface area contributed by atoms with Crippen LogP contribution in [0.1, 0.15) is 11.1 Å². The summed E-state index contributed by atoms with van der Waals surface area (Å²) in [4.78, 5) is 16.0. The van der Waals surface area contributed by atoms with Crippen molar-refractivity contribution in [1.29, 1.82) is 0 Å². The number of aromatic nitrogens is 2. The van der Waals surface area contributed by atoms with Crippen LogP contribution in [0.2, 0.25) is 5.02 Å². The Kier molecular flexibility index (Phi) is 9.80. The molecular weight excluding hydrogens is 590 g/mol. The molecule has 232 valence electrons. The summed E-state index contributed by atoms with van der Waals surface area (Å²) < 4.78 is 34.7. The standard InChI is InChI=1S/C30H40ClN7O4S/c1-36-11-13-38(14-12-36)23-5-6-25(28(19-23)42-3)33-29-24(31)20-32-30(35-29)34-26-17-21-7-9-37(15-16-43(4,39)40)10-8-22(21)18-27(26)41-2/h5-6,17-20H,7-16H2,1-4H3,(H2,32,33,34,35). The van der Waals surface area contributed by atoms with Crippen molar-refractivity contribution >= 4 is 50.3 Å². The van der Waals surface area contributed by atoms with Gasteiger partial charge in [0, 0.05) is 63.8 Å². The molecule has 0 saturated carbocycles. The van der Waals surface area contributed by atoms with Gasteiger partial charge >= 0.3 is 0 Å². The Labute approximate surface area is 259 Å². The van der Waals surface area contributed by atoms with E-state index >= 15 is 0 Å². The van der Waals surface area contributed by atoms with E-state index in [0.717, 1.165) is 69.2 Å². The maximum absolute atomic E-state index is 11.7. The number of nitrogens with one attached hydrogen (secondary N) is 2. The number of likely N-dealkylation sites (N-methyl/N-ethyl adjacent to an activating group) is 1. The summed E-state index contributed by atoms with van der Waals surface area (Å²) in [5.41, 5.74) is 4.97. The Morgan fingerprint density at radius 2 is 1.58 bits per heavy atom. The lowest BCUT2D eigenvalue weighted by molar-refractivity contribution is 0.304. The van der Waals surface area contributed by atoms with E-state index < -0.39 is 9.84 Å². The van der Waals surface area contributed by atoms with E-state index in [1.165, 1.54) is 17.4 Å². The van der Waals surface area contributed by atoms with Gasteiger partial charge in [0.05, 0.1) is 37.5 Å². The molecule has 43 heavy (non-hydrogen) atoms. The molecule has 0 unspecified atom stereocenters. The van der Waals surface area contributed by atoms with Crippen LogP contribution in [0.4, 0.5) is 28.8 Å². The van der Waals surface area contributed by atoms with Crippen LogP contribution < -0.4 is 25.0 Å². The minimum Gasteiger partial charge on any atom is -0.495 e. The quantitative estimate of drug-likeness (QED) is 0.341. The van der Waals surface area contributed by atoms with Gasteiger partial charge in [-0.3, -0.25) is 0 Å². The number of fused-ring (bicyclic) bond motifs is 1. The molecule has 3 heterocycles. The number of rotatable bonds is 10. The number of ether oxygens (including phenoxy) is 2. The van der Waals surface area contributed by atoms with Crippen molar-refractivity contribution in [2.45, 2.75) is 12.8 Å². The highest BCUT2D eigenvalue weighted by molar-refractivity contribution is 7.90. The zero-order valence-corrected chi connectivity index (χ0v) is 26.8. The third kappa shape index (κ3) is 7.99. The first-order valence-corrected chi connectivity index (χ1v) is 16.8. The highest BCUT2D eigenvalue weighted by atomic mass is 35.5. The van der Waals surface area contributed by atoms with Crippen LogP contribution in [0.25, 0.3) is 0 Å². The highest BCUT2D eigenvalue weighted by Gasteiger charge is 2.20. The topological polar surface area (TPSA) is 112 Å². The van der Waals surface area contributed by atoms with E-state index in [-0.39, 0.29) is 5.75 Å². The second kappa shape index (κ2) is 13.5. The smallest absolute Gasteiger partial charge is 0.229 e. The monoisotopic (exact) mass is 629 g/mol. The number of sulfone groups is 1. The van der Waals surface area contributed by atoms with Crippen molar-refractivity contribution in [2.24, 2.45) is 0 Å². The van der Waals surface area contributed by atoms with Gasteiger partial charge < -0.3 is 34.8 Å². The molecule has 2 aliphatic rings. The maximum atomic E-state index is 11.7. The molecule has 0 bridgehead atoms. The first-order valence-electron chi connectivity index (χ1n) is 14.4. The molecular formula is C30H40ClN7O4S. The molecule has 2 N–H and O–H groups in total. The lowest BCUT2D eigenvalue weighted by Crippen LogP contribution is -2.44. The normalized spacial score (nSPS) is 16.3. The lowest BCUT2D eigenvalue weighted by Gasteiger charge is -2.34. The number of piperazine rings is 1. The van der Waals surface area contributed by atoms with Crippen LogP contribution in [0.3, 0.4) is 0 Å². The summed E-state index contributed by atoms with van der Waals surface area (Å²) in [5, 5.41) is 7.00. The van der Waals surface area contributed by atoms with Gasteiger partial charge in [-0.2, -0.15) is 4.98 Å². The fourth-order valence-electron chi connectivity index (χ4n) is 5.39. The van der Waals surface area contributed by atoms with E-state index in [4.69, 9.17) is 21.1 Å². The van der Waals surface area contributed by atoms with Gasteiger partial charge in [0.1, 0.15) is 26.4 Å². The molecule has 0 atom stereocenters. The van der Waals surface area contributed by atoms with Gasteiger partial charge in [0.2, 0.25) is 5.95 Å². The molecule has 13 heteroatoms. The van der Waals surface area contributed by atoms with Crippen LogP contribution in [0.15, 0.2) is 36.5 Å². The van der Waals surface area contributed by atoms with Gasteiger partial charge in [-0.05, 0) is 55.3 Å². The van der Waals surface area contributed by atoms with Gasteiger partial charge in [0.25, 0.3) is 0 Å². The summed E-state index contributed by atoms with van der Waals surface area (Å²) in [7, 11) is 2.42. The summed E-state index contributed by atoms with van der Waals surface area (Å²) in [5.74, 6) is 2.34. The largest absolute Gasteiger partial charge is 0.495 e. The average Bonchev–Trinajstić information content (AvgIpc) is 3.19. The van der Waals surface area contributed by atoms with Crippen LogP contribution in [-0.4, -0.2) is 107 Å². The molecule has 0 spiro atoms. The van der Waals surface area contributed by atoms with Gasteiger partial charge in [-0.1, -0.05) is 11.6 Å². The number of hydrogen-bond acceptors (Lipinski definition) is 11. The second-order valence-electron chi connectivity index (χ2n) is 11.1. The zero-order chi connectivity index (χ0) is 30.6. The highest BCUT2D eigenvalue weighted by Crippen LogP contribution is 2.36. The first-order chi connectivity index (χ1) is 20.6. The van der Waals surface area contributed by atoms with E-state index in [2.05, 4.69) is 54.5 Å². The molecule has 2 aromatic carbocycles. The fourth-order valence-corrected chi connectivity index (χ4v) is 6.12. The predicted octanol–water partition coefficient (Wildman–Crippen LogP) is 3.83. The minimum absolute atomic E-state index is 0.163. The molecule has 3 aromatic rings. The van der Waals surface area contributed by atoms with Gasteiger partial charge in [-0.25, -0.2) is 13.4 Å². The zero-order valence-electron chi connectivity index (χ0n) is 25.2. The average molecular weight is 630 g/mol. The number of anilines is 5. The summed E-state index contributed by atoms with van der Waals surface area (Å²) in [6.45, 7) is 6.09. The Bertz CT molecular complexity index is 1550. The number of halogens is 1. The molecule has 0 amide bonds. The Morgan fingerprint density at radius 3 is 2.26 bits per heavy atom. The Morgan fingerprint density at radius 1 is 0.907 bits per heavy atom. The molecule has 5 rings (SSSR count). The Balaban J connectivity index is 1.32. The fraction of sp³-hybridized carbons (Fsp3) is 0.467. The third-order valence-electron chi connectivity index (χ3n) is 7.99. The number of hydrogen-bond donors (Lipinski definition) is 2. The number of benzene rings is 2. The van der Waals surface area contributed by atoms with Crippen LogP contribution >= 0.6 is 11.6 Å². The second-order valence-corrected chi connectivity index (χ2v) is 13.8. The van der Waals surface area contributed by atoms with Crippen LogP contribution in [0.5, 0.6) is 11.5 Å². The third-order valence-corrected chi connectivity index (χ3v) is 9.19. The molecule has 1 fully saturated rings. The molecule has 0 aliphatic carbocycles. The lowest BCUT2D eigenvalue weighted by atomic mass is 10.0. The van der Waals surface area contributed by atoms with Crippen molar-refractivity contribution in [1.82, 2.24) is 19.8 Å². The van der Waals surface area contributed by atoms with Crippen molar-refractivity contribution in [3.05, 3.63) is 52.7 Å². The van der Waals surface area contributed by atoms with E-state index in [1.807, 2.05) is 18.2 Å². The van der Waals surface area contributed by atoms with Crippen LogP contribution in [-0.2, 0) is 22.7 Å². The SMILES string of the molecule is COc1cc2c(cc1Nc1ncc(Cl)c(Nc3ccc(N4CCN(C)CC4)cc3OC)n1)CCN(CCS(C)(=O)=O)CC2. The van der Waals surface area contributed by atoms with E-state index in [1.54, 1.807) is 20.4 Å². The molecule has 1 aromatic heterocycles. The summed E-state index contributed by atoms with van der Waals surface area (Å²) >= 11 is 6.51. The van der Waals surface area contributed by atoms with Crippen LogP contribution in [0, 0.1) is 0 Å². The number of methoxy groups -OCH3 is 2. The van der Waals surface area contributed by atoms with Crippen molar-refractivity contribution in [3.8, 4) is 11.5 Å². The first kappa shape index (κ1) is 31.1. The van der Waals surface area contributed by atoms with Crippen molar-refractivity contribution in [3.63, 3.8) is 0 Å². The summed E-state index contributed by atoms with van der Waals surface area (Å²) in [6.07, 6.45) is 4.45. The minimum atomic E-state index is -3.00. The molecule has 2 aliphatic heterocycles. The van der Waals surface area contributed by atoms with E-state index in [9.17, 15) is 8.42 Å². The maximum Gasteiger partial charge on any atom is 0.229 e. The summed E-state index contributed by atoms with van der Waals surface area (Å²) in [6, 6.07) is 10.2. The van der Waals surface area contributed by atoms with Crippen molar-refractivity contribution < 1.29 is 17.9 Å². The molecule has 11 nitrogen and oxygen atoms in total.